The van der Waals surface area contributed by atoms with Crippen molar-refractivity contribution in [2.75, 3.05) is 12.8 Å². The summed E-state index contributed by atoms with van der Waals surface area (Å²) >= 11 is 0.708. The highest BCUT2D eigenvalue weighted by Gasteiger charge is 2.35. The molecule has 0 spiro atoms. The summed E-state index contributed by atoms with van der Waals surface area (Å²) in [6, 6.07) is 20.4. The number of hydrogen-bond acceptors (Lipinski definition) is 7. The van der Waals surface area contributed by atoms with Gasteiger partial charge in [-0.1, -0.05) is 60.7 Å². The van der Waals surface area contributed by atoms with Gasteiger partial charge in [0.25, 0.3) is 11.8 Å². The first-order valence-electron chi connectivity index (χ1n) is 11.8. The van der Waals surface area contributed by atoms with E-state index in [-0.39, 0.29) is 29.3 Å². The fraction of sp³-hybridized carbons (Fsp3) is 0.143. The zero-order chi connectivity index (χ0) is 27.9. The van der Waals surface area contributed by atoms with E-state index in [0.717, 1.165) is 5.56 Å². The number of methoxy groups -OCH3 is 1. The Labute approximate surface area is 228 Å². The molecule has 9 nitrogen and oxygen atoms in total. The van der Waals surface area contributed by atoms with Crippen molar-refractivity contribution >= 4 is 34.9 Å². The predicted octanol–water partition coefficient (Wildman–Crippen LogP) is 3.67. The molecule has 1 unspecified atom stereocenters. The van der Waals surface area contributed by atoms with E-state index in [9.17, 15) is 18.8 Å². The number of carbonyl (C=O) groups excluding carboxylic acids is 3. The number of nitrogens with one attached hydrogen (secondary N) is 1. The van der Waals surface area contributed by atoms with Crippen molar-refractivity contribution in [1.29, 1.82) is 0 Å². The number of ether oxygens (including phenoxy) is 1. The molecule has 0 bridgehead atoms. The van der Waals surface area contributed by atoms with Crippen molar-refractivity contribution < 1.29 is 23.5 Å². The zero-order valence-corrected chi connectivity index (χ0v) is 21.8. The molecular formula is C28H26FN5O4S. The van der Waals surface area contributed by atoms with Gasteiger partial charge in [0.1, 0.15) is 22.5 Å². The molecule has 3 amide bonds. The number of halogens is 1. The van der Waals surface area contributed by atoms with E-state index in [2.05, 4.69) is 9.69 Å². The molecule has 4 rings (SSSR count). The molecule has 0 saturated carbocycles. The van der Waals surface area contributed by atoms with Gasteiger partial charge in [0.2, 0.25) is 5.91 Å². The van der Waals surface area contributed by atoms with Gasteiger partial charge in [-0.3, -0.25) is 14.4 Å². The van der Waals surface area contributed by atoms with Crippen molar-refractivity contribution in [2.24, 2.45) is 5.73 Å². The van der Waals surface area contributed by atoms with Gasteiger partial charge in [0.05, 0.1) is 19.3 Å². The Morgan fingerprint density at radius 2 is 1.69 bits per heavy atom. The number of nitrogens with zero attached hydrogens (tertiary/aromatic N) is 2. The number of para-hydroxylation sites is 1. The van der Waals surface area contributed by atoms with Crippen LogP contribution in [0.3, 0.4) is 0 Å². The van der Waals surface area contributed by atoms with Gasteiger partial charge in [0, 0.05) is 12.1 Å². The van der Waals surface area contributed by atoms with Crippen LogP contribution in [-0.2, 0) is 17.9 Å². The average Bonchev–Trinajstić information content (AvgIpc) is 3.34. The van der Waals surface area contributed by atoms with Gasteiger partial charge in [-0.2, -0.15) is 4.37 Å². The van der Waals surface area contributed by atoms with Crippen LogP contribution in [0.2, 0.25) is 0 Å². The lowest BCUT2D eigenvalue weighted by Gasteiger charge is -2.31. The normalized spacial score (nSPS) is 11.4. The molecule has 1 atom stereocenters. The van der Waals surface area contributed by atoms with E-state index in [1.165, 1.54) is 36.3 Å². The van der Waals surface area contributed by atoms with E-state index >= 15 is 0 Å². The van der Waals surface area contributed by atoms with Crippen molar-refractivity contribution in [3.05, 3.63) is 112 Å². The SMILES string of the molecule is COc1ccccc1CN(C(=O)c1snc(C(N)=O)c1N)C(C(=O)NCc1ccccc1)c1ccc(F)cc1. The third-order valence-electron chi connectivity index (χ3n) is 6.01. The summed E-state index contributed by atoms with van der Waals surface area (Å²) < 4.78 is 23.3. The maximum Gasteiger partial charge on any atom is 0.270 e. The van der Waals surface area contributed by atoms with Crippen LogP contribution in [0.4, 0.5) is 10.1 Å². The van der Waals surface area contributed by atoms with Crippen LogP contribution >= 0.6 is 11.5 Å². The molecule has 39 heavy (non-hydrogen) atoms. The zero-order valence-electron chi connectivity index (χ0n) is 21.0. The van der Waals surface area contributed by atoms with Gasteiger partial charge in [-0.05, 0) is 40.9 Å². The Morgan fingerprint density at radius 3 is 2.33 bits per heavy atom. The third-order valence-corrected chi connectivity index (χ3v) is 6.86. The van der Waals surface area contributed by atoms with Gasteiger partial charge in [0.15, 0.2) is 5.69 Å². The number of nitrogens with two attached hydrogens (primary N) is 2. The highest BCUT2D eigenvalue weighted by atomic mass is 32.1. The molecule has 1 heterocycles. The van der Waals surface area contributed by atoms with Crippen LogP contribution in [0.15, 0.2) is 78.9 Å². The molecule has 3 aromatic carbocycles. The first-order chi connectivity index (χ1) is 18.8. The van der Waals surface area contributed by atoms with Crippen molar-refractivity contribution in [2.45, 2.75) is 19.1 Å². The second kappa shape index (κ2) is 12.2. The number of amides is 3. The first-order valence-corrected chi connectivity index (χ1v) is 12.6. The minimum Gasteiger partial charge on any atom is -0.496 e. The second-order valence-electron chi connectivity index (χ2n) is 8.54. The molecule has 1 aromatic heterocycles. The van der Waals surface area contributed by atoms with Crippen molar-refractivity contribution in [1.82, 2.24) is 14.6 Å². The molecule has 0 aliphatic heterocycles. The van der Waals surface area contributed by atoms with Gasteiger partial charge >= 0.3 is 0 Å². The summed E-state index contributed by atoms with van der Waals surface area (Å²) in [5, 5.41) is 2.88. The van der Waals surface area contributed by atoms with Gasteiger partial charge < -0.3 is 26.4 Å². The molecule has 5 N–H and O–H groups in total. The number of anilines is 1. The van der Waals surface area contributed by atoms with Crippen LogP contribution in [0.5, 0.6) is 5.75 Å². The average molecular weight is 548 g/mol. The number of hydrogen-bond donors (Lipinski definition) is 3. The van der Waals surface area contributed by atoms with Crippen LogP contribution in [0, 0.1) is 5.82 Å². The number of aromatic nitrogens is 1. The molecule has 0 aliphatic carbocycles. The smallest absolute Gasteiger partial charge is 0.270 e. The second-order valence-corrected chi connectivity index (χ2v) is 9.31. The highest BCUT2D eigenvalue weighted by molar-refractivity contribution is 7.09. The summed E-state index contributed by atoms with van der Waals surface area (Å²) in [5.74, 6) is -2.05. The predicted molar refractivity (Wildman–Crippen MR) is 145 cm³/mol. The number of primary amides is 1. The monoisotopic (exact) mass is 547 g/mol. The number of carbonyl (C=O) groups is 3. The molecule has 0 aliphatic rings. The van der Waals surface area contributed by atoms with Crippen LogP contribution < -0.4 is 21.5 Å². The molecule has 0 fully saturated rings. The van der Waals surface area contributed by atoms with Crippen molar-refractivity contribution in [3.63, 3.8) is 0 Å². The van der Waals surface area contributed by atoms with Gasteiger partial charge in [-0.15, -0.1) is 0 Å². The van der Waals surface area contributed by atoms with Crippen molar-refractivity contribution in [3.8, 4) is 5.75 Å². The minimum atomic E-state index is -1.20. The Balaban J connectivity index is 1.80. The molecule has 0 radical (unpaired) electrons. The number of nitrogen functional groups attached to an aromatic ring is 1. The van der Waals surface area contributed by atoms with Crippen LogP contribution in [-0.4, -0.2) is 34.1 Å². The minimum absolute atomic E-state index is 0.0540. The lowest BCUT2D eigenvalue weighted by Crippen LogP contribution is -2.43. The van der Waals surface area contributed by atoms with Gasteiger partial charge in [-0.25, -0.2) is 4.39 Å². The summed E-state index contributed by atoms with van der Waals surface area (Å²) in [6.45, 7) is 0.121. The van der Waals surface area contributed by atoms with E-state index in [1.54, 1.807) is 24.3 Å². The first kappa shape index (κ1) is 27.3. The summed E-state index contributed by atoms with van der Waals surface area (Å²) in [6.07, 6.45) is 0. The summed E-state index contributed by atoms with van der Waals surface area (Å²) in [7, 11) is 1.50. The van der Waals surface area contributed by atoms with E-state index in [0.29, 0.717) is 28.4 Å². The standard InChI is InChI=1S/C28H26FN5O4S/c1-38-21-10-6-5-9-19(21)16-34(28(37)25-22(30)23(26(31)35)33-39-25)24(18-11-13-20(29)14-12-18)27(36)32-15-17-7-3-2-4-8-17/h2-14,24H,15-16,30H2,1H3,(H2,31,35)(H,32,36). The molecule has 4 aromatic rings. The Morgan fingerprint density at radius 1 is 1.03 bits per heavy atom. The largest absolute Gasteiger partial charge is 0.496 e. The summed E-state index contributed by atoms with van der Waals surface area (Å²) in [4.78, 5) is 40.8. The quantitative estimate of drug-likeness (QED) is 0.277. The molecule has 11 heteroatoms. The maximum atomic E-state index is 14.0. The van der Waals surface area contributed by atoms with E-state index < -0.39 is 29.6 Å². The lowest BCUT2D eigenvalue weighted by molar-refractivity contribution is -0.126. The van der Waals surface area contributed by atoms with Crippen LogP contribution in [0.1, 0.15) is 42.9 Å². The Hall–Kier alpha value is -4.77. The topological polar surface area (TPSA) is 141 Å². The maximum absolute atomic E-state index is 14.0. The summed E-state index contributed by atoms with van der Waals surface area (Å²) in [5.41, 5.74) is 12.9. The van der Waals surface area contributed by atoms with E-state index in [4.69, 9.17) is 16.2 Å². The molecule has 0 saturated heterocycles. The fourth-order valence-corrected chi connectivity index (χ4v) is 4.82. The molecular weight excluding hydrogens is 521 g/mol. The number of benzene rings is 3. The third kappa shape index (κ3) is 6.21. The lowest BCUT2D eigenvalue weighted by atomic mass is 10.0. The molecule has 200 valence electrons. The number of rotatable bonds is 10. The highest BCUT2D eigenvalue weighted by Crippen LogP contribution is 2.32. The van der Waals surface area contributed by atoms with Crippen LogP contribution in [0.25, 0.3) is 0 Å². The fourth-order valence-electron chi connectivity index (χ4n) is 4.06. The van der Waals surface area contributed by atoms with E-state index in [1.807, 2.05) is 30.3 Å². The Kier molecular flexibility index (Phi) is 8.52. The Bertz CT molecular complexity index is 1480.